The Morgan fingerprint density at radius 3 is 2.76 bits per heavy atom. The molecular formula is C13H19N3S. The van der Waals surface area contributed by atoms with Crippen molar-refractivity contribution in [2.24, 2.45) is 5.92 Å². The summed E-state index contributed by atoms with van der Waals surface area (Å²) in [5.41, 5.74) is 1.25. The highest BCUT2D eigenvalue weighted by Gasteiger charge is 2.11. The molecule has 1 N–H and O–H groups in total. The van der Waals surface area contributed by atoms with Crippen molar-refractivity contribution < 1.29 is 0 Å². The van der Waals surface area contributed by atoms with Gasteiger partial charge in [0.2, 0.25) is 0 Å². The lowest BCUT2D eigenvalue weighted by atomic mass is 10.1. The van der Waals surface area contributed by atoms with Crippen LogP contribution in [0.2, 0.25) is 0 Å². The molecule has 92 valence electrons. The molecule has 2 rings (SSSR count). The Morgan fingerprint density at radius 1 is 1.29 bits per heavy atom. The summed E-state index contributed by atoms with van der Waals surface area (Å²) in [5, 5.41) is 6.81. The van der Waals surface area contributed by atoms with Gasteiger partial charge >= 0.3 is 0 Å². The van der Waals surface area contributed by atoms with E-state index in [-0.39, 0.29) is 0 Å². The number of thiophene rings is 1. The van der Waals surface area contributed by atoms with Gasteiger partial charge in [0.1, 0.15) is 17.0 Å². The van der Waals surface area contributed by atoms with Crippen molar-refractivity contribution in [3.63, 3.8) is 0 Å². The van der Waals surface area contributed by atoms with E-state index in [1.165, 1.54) is 10.9 Å². The highest BCUT2D eigenvalue weighted by molar-refractivity contribution is 7.17. The minimum atomic E-state index is 0.437. The van der Waals surface area contributed by atoms with Crippen LogP contribution in [0.1, 0.15) is 32.8 Å². The Labute approximate surface area is 106 Å². The van der Waals surface area contributed by atoms with E-state index in [9.17, 15) is 0 Å². The molecule has 3 nitrogen and oxygen atoms in total. The maximum atomic E-state index is 4.37. The fourth-order valence-electron chi connectivity index (χ4n) is 2.13. The Balaban J connectivity index is 2.26. The van der Waals surface area contributed by atoms with Gasteiger partial charge in [0.25, 0.3) is 0 Å². The third kappa shape index (κ3) is 2.75. The van der Waals surface area contributed by atoms with Gasteiger partial charge in [0, 0.05) is 6.04 Å². The molecule has 0 aliphatic heterocycles. The van der Waals surface area contributed by atoms with Crippen LogP contribution in [0.5, 0.6) is 0 Å². The first-order chi connectivity index (χ1) is 8.08. The number of anilines is 1. The number of hydrogen-bond acceptors (Lipinski definition) is 4. The predicted octanol–water partition coefficient (Wildman–Crippen LogP) is 3.85. The molecule has 17 heavy (non-hydrogen) atoms. The number of aromatic nitrogens is 2. The molecule has 2 heterocycles. The summed E-state index contributed by atoms with van der Waals surface area (Å²) in [6, 6.07) is 0.437. The second-order valence-corrected chi connectivity index (χ2v) is 5.85. The molecule has 1 atom stereocenters. The van der Waals surface area contributed by atoms with Crippen LogP contribution in [0.4, 0.5) is 5.82 Å². The number of rotatable bonds is 4. The summed E-state index contributed by atoms with van der Waals surface area (Å²) >= 11 is 1.68. The van der Waals surface area contributed by atoms with Crippen LogP contribution in [0.25, 0.3) is 10.2 Å². The molecule has 0 fully saturated rings. The third-order valence-electron chi connectivity index (χ3n) is 2.76. The van der Waals surface area contributed by atoms with Crippen LogP contribution >= 0.6 is 11.3 Å². The van der Waals surface area contributed by atoms with Gasteiger partial charge in [-0.25, -0.2) is 9.97 Å². The number of aryl methyl sites for hydroxylation is 1. The predicted molar refractivity (Wildman–Crippen MR) is 74.7 cm³/mol. The maximum absolute atomic E-state index is 4.37. The fraction of sp³-hybridized carbons (Fsp3) is 0.538. The van der Waals surface area contributed by atoms with Crippen LogP contribution in [0.15, 0.2) is 11.7 Å². The Hall–Kier alpha value is -1.16. The number of nitrogens with one attached hydrogen (secondary N) is 1. The van der Waals surface area contributed by atoms with Crippen LogP contribution in [-0.4, -0.2) is 16.0 Å². The fourth-order valence-corrected chi connectivity index (χ4v) is 3.02. The van der Waals surface area contributed by atoms with E-state index in [4.69, 9.17) is 0 Å². The summed E-state index contributed by atoms with van der Waals surface area (Å²) in [4.78, 5) is 9.74. The monoisotopic (exact) mass is 249 g/mol. The topological polar surface area (TPSA) is 37.8 Å². The number of nitrogens with zero attached hydrogens (tertiary/aromatic N) is 2. The third-order valence-corrected chi connectivity index (χ3v) is 3.77. The van der Waals surface area contributed by atoms with E-state index in [2.05, 4.69) is 48.4 Å². The van der Waals surface area contributed by atoms with Crippen molar-refractivity contribution in [1.82, 2.24) is 9.97 Å². The van der Waals surface area contributed by atoms with Gasteiger partial charge in [-0.15, -0.1) is 11.3 Å². The van der Waals surface area contributed by atoms with Gasteiger partial charge in [-0.3, -0.25) is 0 Å². The molecule has 0 radical (unpaired) electrons. The van der Waals surface area contributed by atoms with Gasteiger partial charge in [0.15, 0.2) is 0 Å². The summed E-state index contributed by atoms with van der Waals surface area (Å²) in [6.07, 6.45) is 2.79. The minimum absolute atomic E-state index is 0.437. The van der Waals surface area contributed by atoms with Gasteiger partial charge in [0.05, 0.1) is 5.39 Å². The molecule has 0 spiro atoms. The molecule has 4 heteroatoms. The first-order valence-corrected chi connectivity index (χ1v) is 6.91. The van der Waals surface area contributed by atoms with Crippen molar-refractivity contribution in [2.75, 3.05) is 5.32 Å². The highest BCUT2D eigenvalue weighted by atomic mass is 32.1. The molecule has 2 aromatic rings. The molecule has 2 aromatic heterocycles. The average Bonchev–Trinajstić information content (AvgIpc) is 2.60. The zero-order valence-electron chi connectivity index (χ0n) is 10.8. The van der Waals surface area contributed by atoms with Crippen LogP contribution in [0, 0.1) is 12.8 Å². The number of fused-ring (bicyclic) bond motifs is 1. The Morgan fingerprint density at radius 2 is 2.06 bits per heavy atom. The van der Waals surface area contributed by atoms with Gasteiger partial charge in [-0.05, 0) is 37.1 Å². The van der Waals surface area contributed by atoms with Gasteiger partial charge in [-0.1, -0.05) is 13.8 Å². The number of hydrogen-bond donors (Lipinski definition) is 1. The van der Waals surface area contributed by atoms with Crippen molar-refractivity contribution in [1.29, 1.82) is 0 Å². The van der Waals surface area contributed by atoms with Crippen LogP contribution < -0.4 is 5.32 Å². The first kappa shape index (κ1) is 12.3. The highest BCUT2D eigenvalue weighted by Crippen LogP contribution is 2.29. The Bertz CT molecular complexity index is 504. The molecule has 0 aliphatic carbocycles. The van der Waals surface area contributed by atoms with Gasteiger partial charge in [-0.2, -0.15) is 0 Å². The normalized spacial score (nSPS) is 13.2. The molecule has 0 saturated carbocycles. The summed E-state index contributed by atoms with van der Waals surface area (Å²) in [5.74, 6) is 1.67. The SMILES string of the molecule is Cc1csc2ncnc(NC(C)CC(C)C)c12. The van der Waals surface area contributed by atoms with E-state index >= 15 is 0 Å². The second kappa shape index (κ2) is 5.00. The van der Waals surface area contributed by atoms with Crippen molar-refractivity contribution in [2.45, 2.75) is 40.2 Å². The van der Waals surface area contributed by atoms with E-state index in [0.29, 0.717) is 12.0 Å². The van der Waals surface area contributed by atoms with Crippen LogP contribution in [0.3, 0.4) is 0 Å². The molecule has 0 aromatic carbocycles. The maximum Gasteiger partial charge on any atom is 0.138 e. The van der Waals surface area contributed by atoms with Crippen molar-refractivity contribution >= 4 is 27.4 Å². The van der Waals surface area contributed by atoms with Gasteiger partial charge < -0.3 is 5.32 Å². The second-order valence-electron chi connectivity index (χ2n) is 5.00. The molecule has 0 amide bonds. The molecule has 1 unspecified atom stereocenters. The molecule has 0 aliphatic rings. The van der Waals surface area contributed by atoms with E-state index in [1.54, 1.807) is 17.7 Å². The summed E-state index contributed by atoms with van der Waals surface area (Å²) in [6.45, 7) is 8.79. The largest absolute Gasteiger partial charge is 0.367 e. The average molecular weight is 249 g/mol. The zero-order chi connectivity index (χ0) is 12.4. The quantitative estimate of drug-likeness (QED) is 0.894. The molecular weight excluding hydrogens is 230 g/mol. The van der Waals surface area contributed by atoms with E-state index < -0.39 is 0 Å². The van der Waals surface area contributed by atoms with Crippen molar-refractivity contribution in [3.05, 3.63) is 17.3 Å². The minimum Gasteiger partial charge on any atom is -0.367 e. The standard InChI is InChI=1S/C13H19N3S/c1-8(2)5-10(4)16-12-11-9(3)6-17-13(11)15-7-14-12/h6-8,10H,5H2,1-4H3,(H,14,15,16). The first-order valence-electron chi connectivity index (χ1n) is 6.03. The molecule has 0 bridgehead atoms. The van der Waals surface area contributed by atoms with E-state index in [0.717, 1.165) is 17.1 Å². The smallest absolute Gasteiger partial charge is 0.138 e. The lowest BCUT2D eigenvalue weighted by Crippen LogP contribution is -2.18. The van der Waals surface area contributed by atoms with Crippen molar-refractivity contribution in [3.8, 4) is 0 Å². The zero-order valence-corrected chi connectivity index (χ0v) is 11.6. The summed E-state index contributed by atoms with van der Waals surface area (Å²) < 4.78 is 0. The van der Waals surface area contributed by atoms with Crippen LogP contribution in [-0.2, 0) is 0 Å². The lowest BCUT2D eigenvalue weighted by molar-refractivity contribution is 0.539. The Kier molecular flexibility index (Phi) is 3.62. The summed E-state index contributed by atoms with van der Waals surface area (Å²) in [7, 11) is 0. The van der Waals surface area contributed by atoms with E-state index in [1.807, 2.05) is 0 Å². The molecule has 0 saturated heterocycles. The lowest BCUT2D eigenvalue weighted by Gasteiger charge is -2.17.